The summed E-state index contributed by atoms with van der Waals surface area (Å²) in [6.45, 7) is 8.53. The number of carbonyl (C=O) groups is 2. The SMILES string of the molecule is CCc1cc2c3c(c1)[C@@]1(OC(=O)CS1)C(=O)N3C(C)(C)C[C@@H]2C. The highest BCUT2D eigenvalue weighted by molar-refractivity contribution is 8.01. The molecular weight excluding hydrogens is 310 g/mol. The third kappa shape index (κ3) is 1.80. The average Bonchev–Trinajstić information content (AvgIpc) is 2.98. The van der Waals surface area contributed by atoms with Crippen LogP contribution in [0.5, 0.6) is 0 Å². The zero-order valence-corrected chi connectivity index (χ0v) is 14.8. The first-order valence-electron chi connectivity index (χ1n) is 8.18. The minimum Gasteiger partial charge on any atom is -0.433 e. The number of benzene rings is 1. The molecule has 5 heteroatoms. The van der Waals surface area contributed by atoms with Crippen LogP contribution < -0.4 is 4.90 Å². The van der Waals surface area contributed by atoms with E-state index < -0.39 is 4.93 Å². The number of hydrogen-bond acceptors (Lipinski definition) is 4. The van der Waals surface area contributed by atoms with Gasteiger partial charge in [0, 0.05) is 11.1 Å². The molecule has 3 heterocycles. The van der Waals surface area contributed by atoms with Gasteiger partial charge < -0.3 is 9.64 Å². The molecular formula is C18H21NO3S. The number of anilines is 1. The summed E-state index contributed by atoms with van der Waals surface area (Å²) in [4.78, 5) is 25.9. The van der Waals surface area contributed by atoms with Gasteiger partial charge in [-0.25, -0.2) is 0 Å². The van der Waals surface area contributed by atoms with Gasteiger partial charge >= 0.3 is 5.97 Å². The number of fused-ring (bicyclic) bond motifs is 1. The molecule has 3 aliphatic heterocycles. The second-order valence-corrected chi connectivity index (χ2v) is 8.52. The Morgan fingerprint density at radius 1 is 1.35 bits per heavy atom. The van der Waals surface area contributed by atoms with Crippen molar-refractivity contribution < 1.29 is 14.3 Å². The van der Waals surface area contributed by atoms with Gasteiger partial charge in [0.05, 0.1) is 11.4 Å². The Balaban J connectivity index is 2.03. The van der Waals surface area contributed by atoms with Gasteiger partial charge in [0.25, 0.3) is 10.8 Å². The topological polar surface area (TPSA) is 46.6 Å². The number of hydrogen-bond donors (Lipinski definition) is 0. The molecule has 3 aliphatic rings. The van der Waals surface area contributed by atoms with Crippen molar-refractivity contribution >= 4 is 29.3 Å². The molecule has 0 bridgehead atoms. The summed E-state index contributed by atoms with van der Waals surface area (Å²) in [6.07, 6.45) is 1.81. The third-order valence-corrected chi connectivity index (χ3v) is 6.53. The van der Waals surface area contributed by atoms with Crippen molar-refractivity contribution in [2.45, 2.75) is 56.9 Å². The van der Waals surface area contributed by atoms with Crippen molar-refractivity contribution in [2.24, 2.45) is 0 Å². The summed E-state index contributed by atoms with van der Waals surface area (Å²) in [7, 11) is 0. The lowest BCUT2D eigenvalue weighted by molar-refractivity contribution is -0.153. The number of thioether (sulfide) groups is 1. The minimum absolute atomic E-state index is 0.0882. The van der Waals surface area contributed by atoms with Gasteiger partial charge in [0.2, 0.25) is 0 Å². The van der Waals surface area contributed by atoms with Gasteiger partial charge in [-0.05, 0) is 49.8 Å². The van der Waals surface area contributed by atoms with Crippen LogP contribution in [0.2, 0.25) is 0 Å². The molecule has 0 radical (unpaired) electrons. The van der Waals surface area contributed by atoms with E-state index in [-0.39, 0.29) is 23.2 Å². The zero-order chi connectivity index (χ0) is 16.6. The standard InChI is InChI=1S/C18H21NO3S/c1-5-11-6-12-10(2)8-17(3,4)19-15(12)13(7-11)18(16(19)21)22-14(20)9-23-18/h6-7,10H,5,8-9H2,1-4H3/t10-,18-/m0/s1. The highest BCUT2D eigenvalue weighted by Crippen LogP contribution is 2.59. The molecule has 1 aromatic carbocycles. The smallest absolute Gasteiger partial charge is 0.318 e. The summed E-state index contributed by atoms with van der Waals surface area (Å²) >= 11 is 1.33. The largest absolute Gasteiger partial charge is 0.433 e. The van der Waals surface area contributed by atoms with Gasteiger partial charge in [-0.2, -0.15) is 0 Å². The van der Waals surface area contributed by atoms with Crippen molar-refractivity contribution in [3.63, 3.8) is 0 Å². The predicted molar refractivity (Wildman–Crippen MR) is 90.6 cm³/mol. The van der Waals surface area contributed by atoms with Crippen LogP contribution in [0.25, 0.3) is 0 Å². The number of ether oxygens (including phenoxy) is 1. The lowest BCUT2D eigenvalue weighted by atomic mass is 9.79. The summed E-state index contributed by atoms with van der Waals surface area (Å²) in [6, 6.07) is 4.29. The fourth-order valence-electron chi connectivity index (χ4n) is 4.31. The van der Waals surface area contributed by atoms with Gasteiger partial charge in [-0.3, -0.25) is 9.59 Å². The van der Waals surface area contributed by atoms with E-state index in [1.165, 1.54) is 22.9 Å². The fourth-order valence-corrected chi connectivity index (χ4v) is 5.37. The van der Waals surface area contributed by atoms with Gasteiger partial charge in [0.15, 0.2) is 0 Å². The number of rotatable bonds is 1. The summed E-state index contributed by atoms with van der Waals surface area (Å²) in [5.74, 6) is 0.228. The Kier molecular flexibility index (Phi) is 2.97. The number of aryl methyl sites for hydroxylation is 1. The van der Waals surface area contributed by atoms with Crippen molar-refractivity contribution in [1.82, 2.24) is 0 Å². The Hall–Kier alpha value is -1.49. The van der Waals surface area contributed by atoms with E-state index in [1.807, 2.05) is 4.90 Å². The second-order valence-electron chi connectivity index (χ2n) is 7.37. The molecule has 23 heavy (non-hydrogen) atoms. The molecule has 0 saturated carbocycles. The molecule has 4 rings (SSSR count). The van der Waals surface area contributed by atoms with Crippen molar-refractivity contribution in [3.05, 3.63) is 28.8 Å². The molecule has 0 N–H and O–H groups in total. The first kappa shape index (κ1) is 15.1. The second kappa shape index (κ2) is 4.53. The lowest BCUT2D eigenvalue weighted by Crippen LogP contribution is -2.52. The molecule has 1 amide bonds. The predicted octanol–water partition coefficient (Wildman–Crippen LogP) is 3.32. The van der Waals surface area contributed by atoms with Crippen molar-refractivity contribution in [2.75, 3.05) is 10.7 Å². The van der Waals surface area contributed by atoms with Crippen LogP contribution in [0, 0.1) is 0 Å². The van der Waals surface area contributed by atoms with Gasteiger partial charge in [-0.1, -0.05) is 31.7 Å². The van der Waals surface area contributed by atoms with Crippen LogP contribution in [0.1, 0.15) is 56.7 Å². The minimum atomic E-state index is -1.16. The maximum absolute atomic E-state index is 13.3. The van der Waals surface area contributed by atoms with Crippen LogP contribution in [0.15, 0.2) is 12.1 Å². The monoisotopic (exact) mass is 331 g/mol. The Labute approximate surface area is 140 Å². The van der Waals surface area contributed by atoms with Crippen molar-refractivity contribution in [3.8, 4) is 0 Å². The molecule has 0 aromatic heterocycles. The van der Waals surface area contributed by atoms with Crippen LogP contribution in [0.3, 0.4) is 0 Å². The molecule has 1 spiro atoms. The maximum atomic E-state index is 13.3. The number of amides is 1. The molecule has 4 nitrogen and oxygen atoms in total. The van der Waals surface area contributed by atoms with Crippen LogP contribution in [0.4, 0.5) is 5.69 Å². The highest BCUT2D eigenvalue weighted by atomic mass is 32.2. The third-order valence-electron chi connectivity index (χ3n) is 5.26. The first-order valence-corrected chi connectivity index (χ1v) is 9.16. The average molecular weight is 331 g/mol. The van der Waals surface area contributed by atoms with Crippen LogP contribution in [-0.2, 0) is 25.7 Å². The Bertz CT molecular complexity index is 742. The van der Waals surface area contributed by atoms with Gasteiger partial charge in [0.1, 0.15) is 0 Å². The normalized spacial score (nSPS) is 30.8. The van der Waals surface area contributed by atoms with E-state index in [0.717, 1.165) is 24.1 Å². The summed E-state index contributed by atoms with van der Waals surface area (Å²) in [5, 5.41) is 0. The van der Waals surface area contributed by atoms with Crippen LogP contribution >= 0.6 is 11.8 Å². The van der Waals surface area contributed by atoms with E-state index in [0.29, 0.717) is 5.92 Å². The van der Waals surface area contributed by atoms with Gasteiger partial charge in [-0.15, -0.1) is 0 Å². The molecule has 122 valence electrons. The van der Waals surface area contributed by atoms with E-state index in [9.17, 15) is 9.59 Å². The van der Waals surface area contributed by atoms with E-state index in [4.69, 9.17) is 4.74 Å². The van der Waals surface area contributed by atoms with E-state index in [1.54, 1.807) is 0 Å². The van der Waals surface area contributed by atoms with Crippen LogP contribution in [-0.4, -0.2) is 23.2 Å². The Morgan fingerprint density at radius 2 is 2.09 bits per heavy atom. The maximum Gasteiger partial charge on any atom is 0.318 e. The van der Waals surface area contributed by atoms with Crippen molar-refractivity contribution in [1.29, 1.82) is 0 Å². The lowest BCUT2D eigenvalue weighted by Gasteiger charge is -2.43. The molecule has 0 unspecified atom stereocenters. The quantitative estimate of drug-likeness (QED) is 0.741. The molecule has 1 aromatic rings. The summed E-state index contributed by atoms with van der Waals surface area (Å²) in [5.41, 5.74) is 4.01. The Morgan fingerprint density at radius 3 is 2.70 bits per heavy atom. The molecule has 1 saturated heterocycles. The van der Waals surface area contributed by atoms with E-state index >= 15 is 0 Å². The first-order chi connectivity index (χ1) is 10.8. The fraction of sp³-hybridized carbons (Fsp3) is 0.556. The molecule has 2 atom stereocenters. The molecule has 1 fully saturated rings. The zero-order valence-electron chi connectivity index (χ0n) is 13.9. The number of nitrogens with zero attached hydrogens (tertiary/aromatic N) is 1. The number of carbonyl (C=O) groups excluding carboxylic acids is 2. The summed E-state index contributed by atoms with van der Waals surface area (Å²) < 4.78 is 5.62. The van der Waals surface area contributed by atoms with E-state index in [2.05, 4.69) is 39.8 Å². The highest BCUT2D eigenvalue weighted by Gasteiger charge is 2.62. The number of esters is 1. The molecule has 0 aliphatic carbocycles.